The molecule has 0 spiro atoms. The summed E-state index contributed by atoms with van der Waals surface area (Å²) >= 11 is 0. The Balaban J connectivity index is 1.71. The number of amides is 2. The normalized spacial score (nSPS) is 16.3. The Hall–Kier alpha value is -4.01. The highest BCUT2D eigenvalue weighted by Gasteiger charge is 2.41. The van der Waals surface area contributed by atoms with Crippen molar-refractivity contribution in [2.45, 2.75) is 12.6 Å². The highest BCUT2D eigenvalue weighted by molar-refractivity contribution is 6.21. The van der Waals surface area contributed by atoms with E-state index < -0.39 is 22.8 Å². The number of hydrogen-bond acceptors (Lipinski definition) is 6. The maximum atomic E-state index is 11.7. The van der Waals surface area contributed by atoms with Crippen molar-refractivity contribution >= 4 is 23.7 Å². The lowest BCUT2D eigenvalue weighted by Gasteiger charge is -2.13. The number of amidine groups is 1. The molecule has 0 fully saturated rings. The summed E-state index contributed by atoms with van der Waals surface area (Å²) in [6.07, 6.45) is 2.97. The number of rotatable bonds is 7. The van der Waals surface area contributed by atoms with E-state index in [1.54, 1.807) is 24.3 Å². The average molecular weight is 395 g/mol. The van der Waals surface area contributed by atoms with Crippen LogP contribution in [-0.4, -0.2) is 35.7 Å². The molecule has 1 heterocycles. The number of carbonyl (C=O) groups is 2. The zero-order valence-electron chi connectivity index (χ0n) is 15.4. The highest BCUT2D eigenvalue weighted by Crippen LogP contribution is 2.29. The zero-order valence-corrected chi connectivity index (χ0v) is 15.4. The van der Waals surface area contributed by atoms with E-state index in [9.17, 15) is 19.7 Å². The van der Waals surface area contributed by atoms with Crippen LogP contribution in [0, 0.1) is 10.1 Å². The van der Waals surface area contributed by atoms with Gasteiger partial charge in [0.2, 0.25) is 0 Å². The summed E-state index contributed by atoms with van der Waals surface area (Å²) in [4.78, 5) is 36.6. The van der Waals surface area contributed by atoms with Crippen molar-refractivity contribution in [3.8, 4) is 11.5 Å². The van der Waals surface area contributed by atoms with E-state index >= 15 is 0 Å². The van der Waals surface area contributed by atoms with E-state index in [0.29, 0.717) is 23.7 Å². The van der Waals surface area contributed by atoms with E-state index in [1.165, 1.54) is 13.2 Å². The fourth-order valence-corrected chi connectivity index (χ4v) is 2.60. The highest BCUT2D eigenvalue weighted by atomic mass is 16.6. The van der Waals surface area contributed by atoms with Crippen molar-refractivity contribution in [2.24, 2.45) is 4.99 Å². The van der Waals surface area contributed by atoms with Crippen molar-refractivity contribution in [1.29, 1.82) is 0 Å². The Labute approximate surface area is 165 Å². The van der Waals surface area contributed by atoms with Gasteiger partial charge in [-0.3, -0.25) is 19.7 Å². The van der Waals surface area contributed by atoms with Crippen LogP contribution in [-0.2, 0) is 16.2 Å². The number of nitrogens with one attached hydrogen (secondary N) is 1. The van der Waals surface area contributed by atoms with Gasteiger partial charge in [0.1, 0.15) is 12.4 Å². The second kappa shape index (κ2) is 8.79. The first kappa shape index (κ1) is 19.7. The van der Waals surface area contributed by atoms with Gasteiger partial charge >= 0.3 is 17.9 Å². The summed E-state index contributed by atoms with van der Waals surface area (Å²) in [6.45, 7) is 0.384. The Bertz CT molecular complexity index is 1000. The maximum absolute atomic E-state index is 11.7. The summed E-state index contributed by atoms with van der Waals surface area (Å²) in [6, 6.07) is 12.9. The third-order valence-electron chi connectivity index (χ3n) is 4.03. The van der Waals surface area contributed by atoms with Gasteiger partial charge in [0.15, 0.2) is 11.5 Å². The molecule has 2 aromatic rings. The summed E-state index contributed by atoms with van der Waals surface area (Å²) < 4.78 is 11.1. The third kappa shape index (κ3) is 4.83. The summed E-state index contributed by atoms with van der Waals surface area (Å²) in [5, 5.41) is 13.0. The first-order valence-electron chi connectivity index (χ1n) is 8.57. The molecule has 2 aromatic carbocycles. The SMILES string of the molecule is COc1cc(/C=C/C2=NC(=O)C([N+](=O)[O-])C(=O)N2)ccc1OCc1ccccc1. The van der Waals surface area contributed by atoms with Crippen LogP contribution in [0.3, 0.4) is 0 Å². The third-order valence-corrected chi connectivity index (χ3v) is 4.03. The summed E-state index contributed by atoms with van der Waals surface area (Å²) in [5.41, 5.74) is 1.71. The van der Waals surface area contributed by atoms with E-state index in [-0.39, 0.29) is 5.84 Å². The van der Waals surface area contributed by atoms with Crippen LogP contribution in [0.2, 0.25) is 0 Å². The number of benzene rings is 2. The maximum Gasteiger partial charge on any atom is 0.368 e. The molecule has 0 aliphatic carbocycles. The van der Waals surface area contributed by atoms with Crippen LogP contribution in [0.1, 0.15) is 11.1 Å². The van der Waals surface area contributed by atoms with Crippen LogP contribution < -0.4 is 14.8 Å². The first-order valence-corrected chi connectivity index (χ1v) is 8.57. The van der Waals surface area contributed by atoms with Crippen LogP contribution in [0.15, 0.2) is 59.6 Å². The lowest BCUT2D eigenvalue weighted by atomic mass is 10.1. The van der Waals surface area contributed by atoms with Crippen molar-refractivity contribution < 1.29 is 24.0 Å². The number of aliphatic imine (C=N–C) groups is 1. The molecule has 1 aliphatic rings. The minimum atomic E-state index is -2.01. The second-order valence-corrected chi connectivity index (χ2v) is 6.03. The minimum absolute atomic E-state index is 0.0681. The standard InChI is InChI=1S/C20H17N3O6/c1-28-16-11-13(7-9-15(16)29-12-14-5-3-2-4-6-14)8-10-17-21-19(24)18(23(26)27)20(25)22-17/h2-11,18H,12H2,1H3,(H,21,22,24,25)/b10-8+. The molecular weight excluding hydrogens is 378 g/mol. The predicted octanol–water partition coefficient (Wildman–Crippen LogP) is 1.99. The topological polar surface area (TPSA) is 120 Å². The number of nitrogens with zero attached hydrogens (tertiary/aromatic N) is 2. The van der Waals surface area contributed by atoms with Gasteiger partial charge in [0.25, 0.3) is 0 Å². The lowest BCUT2D eigenvalue weighted by molar-refractivity contribution is -0.493. The van der Waals surface area contributed by atoms with Gasteiger partial charge in [-0.2, -0.15) is 4.99 Å². The molecule has 1 unspecified atom stereocenters. The van der Waals surface area contributed by atoms with Gasteiger partial charge < -0.3 is 14.8 Å². The number of carbonyl (C=O) groups excluding carboxylic acids is 2. The Kier molecular flexibility index (Phi) is 5.98. The summed E-state index contributed by atoms with van der Waals surface area (Å²) in [7, 11) is 1.51. The fraction of sp³-hybridized carbons (Fsp3) is 0.150. The quantitative estimate of drug-likeness (QED) is 0.435. The van der Waals surface area contributed by atoms with Crippen molar-refractivity contribution in [2.75, 3.05) is 7.11 Å². The Morgan fingerprint density at radius 1 is 1.14 bits per heavy atom. The molecule has 9 nitrogen and oxygen atoms in total. The number of methoxy groups -OCH3 is 1. The Morgan fingerprint density at radius 2 is 1.90 bits per heavy atom. The molecule has 9 heteroatoms. The molecule has 3 rings (SSSR count). The molecule has 2 amide bonds. The van der Waals surface area contributed by atoms with Gasteiger partial charge in [-0.1, -0.05) is 42.5 Å². The largest absolute Gasteiger partial charge is 0.493 e. The molecule has 0 aromatic heterocycles. The first-order chi connectivity index (χ1) is 14.0. The molecule has 148 valence electrons. The van der Waals surface area contributed by atoms with Crippen molar-refractivity contribution in [1.82, 2.24) is 5.32 Å². The molecule has 1 atom stereocenters. The molecule has 1 aliphatic heterocycles. The second-order valence-electron chi connectivity index (χ2n) is 6.03. The predicted molar refractivity (Wildman–Crippen MR) is 104 cm³/mol. The molecular formula is C20H17N3O6. The number of hydrogen-bond donors (Lipinski definition) is 1. The van der Waals surface area contributed by atoms with Crippen LogP contribution in [0.25, 0.3) is 6.08 Å². The monoisotopic (exact) mass is 395 g/mol. The lowest BCUT2D eigenvalue weighted by Crippen LogP contribution is -2.50. The molecule has 0 bridgehead atoms. The molecule has 1 N–H and O–H groups in total. The average Bonchev–Trinajstić information content (AvgIpc) is 2.71. The van der Waals surface area contributed by atoms with E-state index in [4.69, 9.17) is 9.47 Å². The van der Waals surface area contributed by atoms with Gasteiger partial charge in [-0.15, -0.1) is 0 Å². The van der Waals surface area contributed by atoms with Gasteiger partial charge in [-0.25, -0.2) is 0 Å². The fourth-order valence-electron chi connectivity index (χ4n) is 2.60. The van der Waals surface area contributed by atoms with Gasteiger partial charge in [0.05, 0.1) is 7.11 Å². The molecule has 0 radical (unpaired) electrons. The van der Waals surface area contributed by atoms with Crippen LogP contribution >= 0.6 is 0 Å². The molecule has 0 saturated carbocycles. The van der Waals surface area contributed by atoms with Gasteiger partial charge in [-0.05, 0) is 29.3 Å². The van der Waals surface area contributed by atoms with Crippen LogP contribution in [0.4, 0.5) is 0 Å². The van der Waals surface area contributed by atoms with E-state index in [0.717, 1.165) is 5.56 Å². The van der Waals surface area contributed by atoms with Crippen molar-refractivity contribution in [3.63, 3.8) is 0 Å². The Morgan fingerprint density at radius 3 is 2.55 bits per heavy atom. The molecule has 29 heavy (non-hydrogen) atoms. The number of nitro groups is 1. The zero-order chi connectivity index (χ0) is 20.8. The van der Waals surface area contributed by atoms with E-state index in [2.05, 4.69) is 10.3 Å². The molecule has 0 saturated heterocycles. The van der Waals surface area contributed by atoms with Gasteiger partial charge in [0, 0.05) is 4.92 Å². The smallest absolute Gasteiger partial charge is 0.368 e. The number of ether oxygens (including phenoxy) is 2. The van der Waals surface area contributed by atoms with E-state index in [1.807, 2.05) is 30.3 Å². The minimum Gasteiger partial charge on any atom is -0.493 e. The van der Waals surface area contributed by atoms with Crippen molar-refractivity contribution in [3.05, 3.63) is 75.8 Å². The summed E-state index contributed by atoms with van der Waals surface area (Å²) in [5.74, 6) is -1.14. The van der Waals surface area contributed by atoms with Crippen LogP contribution in [0.5, 0.6) is 11.5 Å².